The molecule has 2 atom stereocenters. The number of hydrogen-bond acceptors (Lipinski definition) is 3. The predicted molar refractivity (Wildman–Crippen MR) is 84.5 cm³/mol. The normalized spacial score (nSPS) is 14.0. The van der Waals surface area contributed by atoms with Crippen LogP contribution in [0.25, 0.3) is 0 Å². The van der Waals surface area contributed by atoms with E-state index in [1.54, 1.807) is 7.11 Å². The minimum atomic E-state index is 0.247. The Morgan fingerprint density at radius 2 is 1.85 bits per heavy atom. The van der Waals surface area contributed by atoms with E-state index in [0.29, 0.717) is 6.04 Å². The highest BCUT2D eigenvalue weighted by Crippen LogP contribution is 2.21. The summed E-state index contributed by atoms with van der Waals surface area (Å²) in [7, 11) is 3.54. The summed E-state index contributed by atoms with van der Waals surface area (Å²) in [5.74, 6) is 0.960. The van der Waals surface area contributed by atoms with Crippen LogP contribution in [0.15, 0.2) is 24.3 Å². The first kappa shape index (κ1) is 17.0. The Morgan fingerprint density at radius 1 is 1.10 bits per heavy atom. The van der Waals surface area contributed by atoms with Gasteiger partial charge in [-0.1, -0.05) is 38.5 Å². The monoisotopic (exact) mass is 279 g/mol. The highest BCUT2D eigenvalue weighted by atomic mass is 16.5. The molecule has 0 heterocycles. The number of ether oxygens (including phenoxy) is 2. The lowest BCUT2D eigenvalue weighted by Crippen LogP contribution is -2.43. The molecule has 3 nitrogen and oxygen atoms in total. The van der Waals surface area contributed by atoms with Crippen LogP contribution >= 0.6 is 0 Å². The van der Waals surface area contributed by atoms with Gasteiger partial charge in [0.2, 0.25) is 0 Å². The van der Waals surface area contributed by atoms with E-state index in [0.717, 1.165) is 38.0 Å². The number of nitrogens with one attached hydrogen (secondary N) is 1. The molecule has 0 spiro atoms. The Bertz CT molecular complexity index is 368. The molecule has 0 aliphatic rings. The van der Waals surface area contributed by atoms with Gasteiger partial charge in [-0.2, -0.15) is 0 Å². The second-order valence-corrected chi connectivity index (χ2v) is 5.14. The van der Waals surface area contributed by atoms with E-state index in [9.17, 15) is 0 Å². The minimum absolute atomic E-state index is 0.247. The van der Waals surface area contributed by atoms with Crippen LogP contribution in [-0.2, 0) is 11.2 Å². The minimum Gasteiger partial charge on any atom is -0.496 e. The van der Waals surface area contributed by atoms with Crippen molar-refractivity contribution in [2.75, 3.05) is 20.8 Å². The van der Waals surface area contributed by atoms with Crippen LogP contribution in [0.3, 0.4) is 0 Å². The Morgan fingerprint density at radius 3 is 2.45 bits per heavy atom. The van der Waals surface area contributed by atoms with Crippen molar-refractivity contribution in [2.45, 2.75) is 51.7 Å². The van der Waals surface area contributed by atoms with Gasteiger partial charge in [0.1, 0.15) is 5.75 Å². The van der Waals surface area contributed by atoms with Crippen molar-refractivity contribution in [1.82, 2.24) is 5.32 Å². The van der Waals surface area contributed by atoms with Gasteiger partial charge in [-0.3, -0.25) is 0 Å². The topological polar surface area (TPSA) is 30.5 Å². The second kappa shape index (κ2) is 9.78. The van der Waals surface area contributed by atoms with E-state index in [1.165, 1.54) is 5.56 Å². The molecule has 1 rings (SSSR count). The van der Waals surface area contributed by atoms with Gasteiger partial charge in [0.15, 0.2) is 0 Å². The van der Waals surface area contributed by atoms with Gasteiger partial charge in [-0.15, -0.1) is 0 Å². The molecule has 1 aromatic carbocycles. The summed E-state index contributed by atoms with van der Waals surface area (Å²) >= 11 is 0. The molecular formula is C17H29NO2. The number of benzene rings is 1. The van der Waals surface area contributed by atoms with Gasteiger partial charge < -0.3 is 14.8 Å². The Balaban J connectivity index is 2.81. The molecule has 0 radical (unpaired) electrons. The van der Waals surface area contributed by atoms with E-state index in [2.05, 4.69) is 31.3 Å². The molecule has 20 heavy (non-hydrogen) atoms. The zero-order valence-electron chi connectivity index (χ0n) is 13.3. The summed E-state index contributed by atoms with van der Waals surface area (Å²) in [5, 5.41) is 3.62. The molecule has 0 fully saturated rings. The van der Waals surface area contributed by atoms with Crippen LogP contribution < -0.4 is 10.1 Å². The first-order chi connectivity index (χ1) is 9.76. The van der Waals surface area contributed by atoms with Gasteiger partial charge in [-0.05, 0) is 37.4 Å². The number of methoxy groups -OCH3 is 2. The van der Waals surface area contributed by atoms with E-state index in [1.807, 2.05) is 19.2 Å². The third-order valence-electron chi connectivity index (χ3n) is 3.61. The molecule has 0 saturated heterocycles. The SMILES string of the molecule is CCCNC(Cc1ccccc1OC)C(CCC)OC. The zero-order valence-corrected chi connectivity index (χ0v) is 13.3. The molecule has 0 saturated carbocycles. The van der Waals surface area contributed by atoms with Crippen LogP contribution in [0.1, 0.15) is 38.7 Å². The number of hydrogen-bond donors (Lipinski definition) is 1. The summed E-state index contributed by atoms with van der Waals surface area (Å²) in [4.78, 5) is 0. The van der Waals surface area contributed by atoms with Crippen molar-refractivity contribution in [3.05, 3.63) is 29.8 Å². The summed E-state index contributed by atoms with van der Waals surface area (Å²) in [5.41, 5.74) is 1.24. The van der Waals surface area contributed by atoms with E-state index < -0.39 is 0 Å². The van der Waals surface area contributed by atoms with Gasteiger partial charge in [-0.25, -0.2) is 0 Å². The first-order valence-electron chi connectivity index (χ1n) is 7.64. The van der Waals surface area contributed by atoms with Crippen LogP contribution in [0.2, 0.25) is 0 Å². The van der Waals surface area contributed by atoms with Gasteiger partial charge >= 0.3 is 0 Å². The fourth-order valence-corrected chi connectivity index (χ4v) is 2.54. The summed E-state index contributed by atoms with van der Waals surface area (Å²) in [6, 6.07) is 8.56. The largest absolute Gasteiger partial charge is 0.496 e. The van der Waals surface area contributed by atoms with Gasteiger partial charge in [0.25, 0.3) is 0 Å². The smallest absolute Gasteiger partial charge is 0.122 e. The lowest BCUT2D eigenvalue weighted by Gasteiger charge is -2.27. The van der Waals surface area contributed by atoms with Crippen molar-refractivity contribution in [1.29, 1.82) is 0 Å². The Labute approximate surface area is 123 Å². The molecule has 0 bridgehead atoms. The lowest BCUT2D eigenvalue weighted by atomic mass is 9.97. The van der Waals surface area contributed by atoms with Crippen LogP contribution in [-0.4, -0.2) is 32.9 Å². The third-order valence-corrected chi connectivity index (χ3v) is 3.61. The third kappa shape index (κ3) is 5.14. The maximum Gasteiger partial charge on any atom is 0.122 e. The lowest BCUT2D eigenvalue weighted by molar-refractivity contribution is 0.0607. The van der Waals surface area contributed by atoms with Crippen molar-refractivity contribution in [3.63, 3.8) is 0 Å². The van der Waals surface area contributed by atoms with Crippen LogP contribution in [0.4, 0.5) is 0 Å². The fraction of sp³-hybridized carbons (Fsp3) is 0.647. The van der Waals surface area contributed by atoms with Crippen molar-refractivity contribution < 1.29 is 9.47 Å². The molecular weight excluding hydrogens is 250 g/mol. The molecule has 3 heteroatoms. The van der Waals surface area contributed by atoms with Gasteiger partial charge in [0, 0.05) is 13.2 Å². The Kier molecular flexibility index (Phi) is 8.31. The fourth-order valence-electron chi connectivity index (χ4n) is 2.54. The molecule has 2 unspecified atom stereocenters. The van der Waals surface area contributed by atoms with Crippen molar-refractivity contribution in [3.8, 4) is 5.75 Å². The number of rotatable bonds is 10. The van der Waals surface area contributed by atoms with E-state index in [-0.39, 0.29) is 6.10 Å². The molecule has 0 aliphatic carbocycles. The first-order valence-corrected chi connectivity index (χ1v) is 7.64. The molecule has 0 aliphatic heterocycles. The van der Waals surface area contributed by atoms with Crippen LogP contribution in [0.5, 0.6) is 5.75 Å². The molecule has 1 aromatic rings. The highest BCUT2D eigenvalue weighted by molar-refractivity contribution is 5.34. The molecule has 0 aromatic heterocycles. The summed E-state index contributed by atoms with van der Waals surface area (Å²) in [6.07, 6.45) is 4.52. The van der Waals surface area contributed by atoms with Gasteiger partial charge in [0.05, 0.1) is 13.2 Å². The quantitative estimate of drug-likeness (QED) is 0.712. The molecule has 0 amide bonds. The van der Waals surface area contributed by atoms with E-state index >= 15 is 0 Å². The standard InChI is InChI=1S/C17H29NO2/c1-5-9-17(20-4)15(18-12-6-2)13-14-10-7-8-11-16(14)19-3/h7-8,10-11,15,17-18H,5-6,9,12-13H2,1-4H3. The van der Waals surface area contributed by atoms with Crippen LogP contribution in [0, 0.1) is 0 Å². The second-order valence-electron chi connectivity index (χ2n) is 5.14. The number of para-hydroxylation sites is 1. The Hall–Kier alpha value is -1.06. The highest BCUT2D eigenvalue weighted by Gasteiger charge is 2.21. The van der Waals surface area contributed by atoms with Crippen molar-refractivity contribution in [2.24, 2.45) is 0 Å². The maximum atomic E-state index is 5.69. The average molecular weight is 279 g/mol. The van der Waals surface area contributed by atoms with Crippen molar-refractivity contribution >= 4 is 0 Å². The average Bonchev–Trinajstić information content (AvgIpc) is 2.49. The predicted octanol–water partition coefficient (Wildman–Crippen LogP) is 3.42. The zero-order chi connectivity index (χ0) is 14.8. The molecule has 1 N–H and O–H groups in total. The molecule has 114 valence electrons. The maximum absolute atomic E-state index is 5.69. The van der Waals surface area contributed by atoms with E-state index in [4.69, 9.17) is 9.47 Å². The summed E-state index contributed by atoms with van der Waals surface area (Å²) < 4.78 is 11.1. The summed E-state index contributed by atoms with van der Waals surface area (Å²) in [6.45, 7) is 5.41.